The molecule has 1 heterocycles. The van der Waals surface area contributed by atoms with Crippen molar-refractivity contribution >= 4 is 49.6 Å². The van der Waals surface area contributed by atoms with E-state index in [-0.39, 0.29) is 5.41 Å². The third-order valence-electron chi connectivity index (χ3n) is 13.4. The topological polar surface area (TPSA) is 8.17 Å². The van der Waals surface area contributed by atoms with E-state index in [1.165, 1.54) is 93.9 Å². The molecule has 1 aliphatic carbocycles. The summed E-state index contributed by atoms with van der Waals surface area (Å²) in [5.41, 5.74) is 19.4. The lowest BCUT2D eigenvalue weighted by Crippen LogP contribution is -2.15. The zero-order chi connectivity index (χ0) is 42.1. The van der Waals surface area contributed by atoms with E-state index < -0.39 is 0 Å². The Hall–Kier alpha value is -7.94. The van der Waals surface area contributed by atoms with Crippen LogP contribution in [0.15, 0.2) is 231 Å². The van der Waals surface area contributed by atoms with Gasteiger partial charge in [0.15, 0.2) is 0 Å². The minimum atomic E-state index is -0.104. The first-order valence-electron chi connectivity index (χ1n) is 21.9. The fourth-order valence-electron chi connectivity index (χ4n) is 10.5. The second kappa shape index (κ2) is 14.6. The van der Waals surface area contributed by atoms with Crippen LogP contribution in [0, 0.1) is 0 Å². The Morgan fingerprint density at radius 1 is 0.365 bits per heavy atom. The van der Waals surface area contributed by atoms with Gasteiger partial charge in [-0.15, -0.1) is 0 Å². The van der Waals surface area contributed by atoms with Crippen LogP contribution in [0.3, 0.4) is 0 Å². The molecule has 0 bridgehead atoms. The second-order valence-electron chi connectivity index (χ2n) is 17.3. The van der Waals surface area contributed by atoms with Gasteiger partial charge in [0.2, 0.25) is 0 Å². The van der Waals surface area contributed by atoms with Gasteiger partial charge in [0.05, 0.1) is 22.4 Å². The number of nitrogens with zero attached hydrogens (tertiary/aromatic N) is 2. The average Bonchev–Trinajstić information content (AvgIpc) is 3.80. The van der Waals surface area contributed by atoms with E-state index >= 15 is 0 Å². The number of hydrogen-bond donors (Lipinski definition) is 0. The molecule has 10 aromatic carbocycles. The van der Waals surface area contributed by atoms with Crippen LogP contribution in [-0.2, 0) is 5.41 Å². The van der Waals surface area contributed by atoms with Crippen molar-refractivity contribution in [3.05, 3.63) is 242 Å². The highest BCUT2D eigenvalue weighted by Crippen LogP contribution is 2.54. The summed E-state index contributed by atoms with van der Waals surface area (Å²) in [6.45, 7) is 4.72. The summed E-state index contributed by atoms with van der Waals surface area (Å²) in [5, 5.41) is 4.96. The molecular weight excluding hydrogens is 761 g/mol. The molecule has 0 aliphatic heterocycles. The van der Waals surface area contributed by atoms with E-state index in [0.717, 1.165) is 17.1 Å². The number of fused-ring (bicyclic) bond motifs is 7. The van der Waals surface area contributed by atoms with Crippen LogP contribution in [-0.4, -0.2) is 4.57 Å². The number of para-hydroxylation sites is 4. The lowest BCUT2D eigenvalue weighted by molar-refractivity contribution is 0.660. The maximum absolute atomic E-state index is 2.48. The van der Waals surface area contributed by atoms with Crippen molar-refractivity contribution in [2.75, 3.05) is 4.90 Å². The molecule has 0 spiro atoms. The fourth-order valence-corrected chi connectivity index (χ4v) is 10.5. The summed E-state index contributed by atoms with van der Waals surface area (Å²) in [7, 11) is 0. The summed E-state index contributed by atoms with van der Waals surface area (Å²) in [6, 6.07) is 84.6. The van der Waals surface area contributed by atoms with Gasteiger partial charge in [0.25, 0.3) is 0 Å². The molecule has 0 saturated heterocycles. The molecule has 1 aliphatic rings. The summed E-state index contributed by atoms with van der Waals surface area (Å²) in [6.07, 6.45) is 0. The predicted octanol–water partition coefficient (Wildman–Crippen LogP) is 16.7. The fraction of sp³-hybridized carbons (Fsp3) is 0.0492. The molecule has 0 fully saturated rings. The first-order chi connectivity index (χ1) is 31.0. The second-order valence-corrected chi connectivity index (χ2v) is 17.3. The zero-order valence-corrected chi connectivity index (χ0v) is 35.3. The van der Waals surface area contributed by atoms with E-state index in [0.29, 0.717) is 0 Å². The monoisotopic (exact) mass is 804 g/mol. The number of aromatic nitrogens is 1. The molecule has 0 amide bonds. The first kappa shape index (κ1) is 36.9. The number of benzene rings is 10. The van der Waals surface area contributed by atoms with Gasteiger partial charge >= 0.3 is 0 Å². The summed E-state index contributed by atoms with van der Waals surface area (Å²) < 4.78 is 2.38. The van der Waals surface area contributed by atoms with E-state index in [4.69, 9.17) is 0 Å². The van der Waals surface area contributed by atoms with E-state index in [2.05, 4.69) is 254 Å². The van der Waals surface area contributed by atoms with Crippen molar-refractivity contribution in [3.8, 4) is 50.2 Å². The van der Waals surface area contributed by atoms with Crippen molar-refractivity contribution < 1.29 is 0 Å². The molecule has 0 radical (unpaired) electrons. The van der Waals surface area contributed by atoms with E-state index in [1.807, 2.05) is 0 Å². The van der Waals surface area contributed by atoms with Crippen LogP contribution in [0.5, 0.6) is 0 Å². The van der Waals surface area contributed by atoms with Crippen LogP contribution >= 0.6 is 0 Å². The smallest absolute Gasteiger partial charge is 0.0541 e. The Morgan fingerprint density at radius 3 is 1.70 bits per heavy atom. The lowest BCUT2D eigenvalue weighted by atomic mass is 9.82. The lowest BCUT2D eigenvalue weighted by Gasteiger charge is -2.30. The van der Waals surface area contributed by atoms with Gasteiger partial charge in [-0.05, 0) is 110 Å². The van der Waals surface area contributed by atoms with Crippen molar-refractivity contribution in [1.29, 1.82) is 0 Å². The maximum Gasteiger partial charge on any atom is 0.0541 e. The summed E-state index contributed by atoms with van der Waals surface area (Å²) in [5.74, 6) is 0. The van der Waals surface area contributed by atoms with Gasteiger partial charge in [-0.2, -0.15) is 0 Å². The Labute approximate surface area is 368 Å². The van der Waals surface area contributed by atoms with Crippen LogP contribution in [0.4, 0.5) is 17.1 Å². The largest absolute Gasteiger partial charge is 0.309 e. The van der Waals surface area contributed by atoms with Crippen molar-refractivity contribution in [1.82, 2.24) is 4.57 Å². The van der Waals surface area contributed by atoms with Gasteiger partial charge in [0, 0.05) is 38.7 Å². The van der Waals surface area contributed by atoms with Crippen molar-refractivity contribution in [2.24, 2.45) is 0 Å². The zero-order valence-electron chi connectivity index (χ0n) is 35.3. The SMILES string of the molecule is CC1(C)c2ccccc2-c2c(-c3ccccc3N(c3ccc(-c4ccc5c(c4)c4ccccc4n5-c4ccccc4)cc3)c3ccccc3-c3cccc4ccccc34)cccc21. The highest BCUT2D eigenvalue weighted by molar-refractivity contribution is 6.11. The summed E-state index contributed by atoms with van der Waals surface area (Å²) >= 11 is 0. The molecule has 63 heavy (non-hydrogen) atoms. The number of rotatable bonds is 7. The molecular formula is C61H44N2. The van der Waals surface area contributed by atoms with Gasteiger partial charge in [-0.1, -0.05) is 190 Å². The maximum atomic E-state index is 2.48. The molecule has 0 unspecified atom stereocenters. The predicted molar refractivity (Wildman–Crippen MR) is 267 cm³/mol. The minimum Gasteiger partial charge on any atom is -0.309 e. The molecule has 298 valence electrons. The van der Waals surface area contributed by atoms with Crippen LogP contribution in [0.1, 0.15) is 25.0 Å². The Morgan fingerprint density at radius 2 is 0.905 bits per heavy atom. The Balaban J connectivity index is 1.05. The van der Waals surface area contributed by atoms with Crippen LogP contribution in [0.25, 0.3) is 82.8 Å². The van der Waals surface area contributed by atoms with E-state index in [9.17, 15) is 0 Å². The highest BCUT2D eigenvalue weighted by atomic mass is 15.1. The molecule has 2 nitrogen and oxygen atoms in total. The van der Waals surface area contributed by atoms with Gasteiger partial charge < -0.3 is 9.47 Å². The van der Waals surface area contributed by atoms with Crippen LogP contribution in [0.2, 0.25) is 0 Å². The molecule has 0 atom stereocenters. The quantitative estimate of drug-likeness (QED) is 0.156. The highest BCUT2D eigenvalue weighted by Gasteiger charge is 2.37. The normalized spacial score (nSPS) is 12.7. The third kappa shape index (κ3) is 5.86. The molecule has 0 saturated carbocycles. The molecule has 1 aromatic heterocycles. The molecule has 11 aromatic rings. The Bertz CT molecular complexity index is 3530. The molecule has 12 rings (SSSR count). The van der Waals surface area contributed by atoms with Crippen molar-refractivity contribution in [3.63, 3.8) is 0 Å². The van der Waals surface area contributed by atoms with E-state index in [1.54, 1.807) is 0 Å². The number of hydrogen-bond acceptors (Lipinski definition) is 1. The third-order valence-corrected chi connectivity index (χ3v) is 13.4. The first-order valence-corrected chi connectivity index (χ1v) is 21.9. The molecule has 0 N–H and O–H groups in total. The summed E-state index contributed by atoms with van der Waals surface area (Å²) in [4.78, 5) is 2.48. The Kier molecular flexibility index (Phi) is 8.55. The van der Waals surface area contributed by atoms with Gasteiger partial charge in [0.1, 0.15) is 0 Å². The van der Waals surface area contributed by atoms with Crippen molar-refractivity contribution in [2.45, 2.75) is 19.3 Å². The standard InChI is InChI=1S/C61H44N2/c1-61(2)54-29-12-8-26-52(54)60-51(28-17-30-55(60)61)49-24-10-14-32-57(49)63(56-31-13-9-23-48(56)47-27-16-19-42-18-6-7-22-46(42)47)45-37-34-41(35-38-45)43-36-39-59-53(40-43)50-25-11-15-33-58(50)62(59)44-20-4-3-5-21-44/h3-40H,1-2H3. The minimum absolute atomic E-state index is 0.104. The van der Waals surface area contributed by atoms with Gasteiger partial charge in [-0.25, -0.2) is 0 Å². The average molecular weight is 805 g/mol. The molecule has 2 heteroatoms. The number of anilines is 3. The van der Waals surface area contributed by atoms with Crippen LogP contribution < -0.4 is 4.90 Å². The van der Waals surface area contributed by atoms with Gasteiger partial charge in [-0.3, -0.25) is 0 Å².